The van der Waals surface area contributed by atoms with Gasteiger partial charge in [-0.3, -0.25) is 4.79 Å². The van der Waals surface area contributed by atoms with Crippen LogP contribution in [0.4, 0.5) is 0 Å². The minimum atomic E-state index is 0.101. The normalized spacial score (nSPS) is 22.2. The highest BCUT2D eigenvalue weighted by molar-refractivity contribution is 5.82. The van der Waals surface area contributed by atoms with Gasteiger partial charge in [0.1, 0.15) is 5.75 Å². The molecule has 0 fully saturated rings. The second-order valence-electron chi connectivity index (χ2n) is 4.87. The Morgan fingerprint density at radius 2 is 2.29 bits per heavy atom. The molecule has 2 N–H and O–H groups in total. The predicted molar refractivity (Wildman–Crippen MR) is 64.6 cm³/mol. The predicted octanol–water partition coefficient (Wildman–Crippen LogP) is 2.22. The van der Waals surface area contributed by atoms with Crippen molar-refractivity contribution in [2.24, 2.45) is 0 Å². The van der Waals surface area contributed by atoms with Crippen LogP contribution in [0.25, 0.3) is 0 Å². The van der Waals surface area contributed by atoms with E-state index in [4.69, 9.17) is 0 Å². The van der Waals surface area contributed by atoms with Crippen molar-refractivity contribution < 1.29 is 9.90 Å². The molecule has 17 heavy (non-hydrogen) atoms. The summed E-state index contributed by atoms with van der Waals surface area (Å²) in [4.78, 5) is 11.1. The van der Waals surface area contributed by atoms with Crippen LogP contribution in [0, 0.1) is 0 Å². The zero-order valence-corrected chi connectivity index (χ0v) is 9.57. The van der Waals surface area contributed by atoms with Crippen LogP contribution in [0.5, 0.6) is 5.75 Å². The average molecular weight is 229 g/mol. The van der Waals surface area contributed by atoms with Gasteiger partial charge in [-0.15, -0.1) is 0 Å². The summed E-state index contributed by atoms with van der Waals surface area (Å²) in [6, 6.07) is 5.64. The smallest absolute Gasteiger partial charge is 0.228 e. The lowest BCUT2D eigenvalue weighted by atomic mass is 9.93. The monoisotopic (exact) mass is 229 g/mol. The fourth-order valence-corrected chi connectivity index (χ4v) is 2.84. The van der Waals surface area contributed by atoms with Crippen molar-refractivity contribution in [1.82, 2.24) is 5.32 Å². The molecule has 0 saturated heterocycles. The molecule has 1 atom stereocenters. The highest BCUT2D eigenvalue weighted by Gasteiger charge is 2.25. The fourth-order valence-electron chi connectivity index (χ4n) is 2.84. The first-order valence-electron chi connectivity index (χ1n) is 6.01. The first-order valence-corrected chi connectivity index (χ1v) is 6.01. The van der Waals surface area contributed by atoms with E-state index < -0.39 is 0 Å². The molecule has 0 spiro atoms. The minimum Gasteiger partial charge on any atom is -0.508 e. The van der Waals surface area contributed by atoms with Gasteiger partial charge in [0.05, 0.1) is 0 Å². The van der Waals surface area contributed by atoms with Gasteiger partial charge in [-0.1, -0.05) is 6.07 Å². The molecule has 0 aromatic heterocycles. The fraction of sp³-hybridized carbons (Fsp3) is 0.357. The van der Waals surface area contributed by atoms with Crippen LogP contribution in [0.15, 0.2) is 30.0 Å². The van der Waals surface area contributed by atoms with Gasteiger partial charge in [-0.2, -0.15) is 0 Å². The Hall–Kier alpha value is -1.77. The SMILES string of the molecule is O=C1CC(CC2CCc3cc(O)ccc32)=CN1. The standard InChI is InChI=1S/C14H15NO2/c16-12-3-4-13-10(1-2-11(13)7-12)5-9-6-14(17)15-8-9/h3-4,7-8,10,16H,1-2,5-6H2,(H,15,17). The summed E-state index contributed by atoms with van der Waals surface area (Å²) in [6.45, 7) is 0. The number of hydrogen-bond acceptors (Lipinski definition) is 2. The van der Waals surface area contributed by atoms with Crippen molar-refractivity contribution in [1.29, 1.82) is 0 Å². The molecule has 1 heterocycles. The number of nitrogens with one attached hydrogen (secondary N) is 1. The molecule has 2 aliphatic rings. The van der Waals surface area contributed by atoms with Crippen LogP contribution in [-0.2, 0) is 11.2 Å². The summed E-state index contributed by atoms with van der Waals surface area (Å²) in [5, 5.41) is 12.2. The number of hydrogen-bond donors (Lipinski definition) is 2. The molecule has 0 radical (unpaired) electrons. The highest BCUT2D eigenvalue weighted by atomic mass is 16.3. The summed E-state index contributed by atoms with van der Waals surface area (Å²) in [6.07, 6.45) is 5.49. The molecule has 0 saturated carbocycles. The lowest BCUT2D eigenvalue weighted by molar-refractivity contribution is -0.118. The molecular formula is C14H15NO2. The molecule has 1 unspecified atom stereocenters. The van der Waals surface area contributed by atoms with Gasteiger partial charge in [0.2, 0.25) is 5.91 Å². The number of fused-ring (bicyclic) bond motifs is 1. The molecule has 88 valence electrons. The third kappa shape index (κ3) is 1.93. The summed E-state index contributed by atoms with van der Waals surface area (Å²) >= 11 is 0. The van der Waals surface area contributed by atoms with Gasteiger partial charge < -0.3 is 10.4 Å². The Bertz CT molecular complexity index is 505. The molecule has 3 rings (SSSR count). The highest BCUT2D eigenvalue weighted by Crippen LogP contribution is 2.39. The van der Waals surface area contributed by atoms with E-state index in [9.17, 15) is 9.90 Å². The van der Waals surface area contributed by atoms with E-state index in [0.717, 1.165) is 19.3 Å². The van der Waals surface area contributed by atoms with Crippen molar-refractivity contribution >= 4 is 5.91 Å². The number of carbonyl (C=O) groups excluding carboxylic acids is 1. The number of aromatic hydroxyl groups is 1. The topological polar surface area (TPSA) is 49.3 Å². The van der Waals surface area contributed by atoms with Gasteiger partial charge in [0.15, 0.2) is 0 Å². The van der Waals surface area contributed by atoms with E-state index in [0.29, 0.717) is 18.1 Å². The van der Waals surface area contributed by atoms with E-state index in [2.05, 4.69) is 5.32 Å². The Morgan fingerprint density at radius 1 is 1.41 bits per heavy atom. The number of aryl methyl sites for hydroxylation is 1. The molecule has 1 aromatic carbocycles. The molecule has 3 heteroatoms. The van der Waals surface area contributed by atoms with Gasteiger partial charge in [-0.05, 0) is 54.0 Å². The zero-order chi connectivity index (χ0) is 11.8. The van der Waals surface area contributed by atoms with Crippen LogP contribution < -0.4 is 5.32 Å². The quantitative estimate of drug-likeness (QED) is 0.817. The van der Waals surface area contributed by atoms with Crippen LogP contribution >= 0.6 is 0 Å². The Kier molecular flexibility index (Phi) is 2.39. The van der Waals surface area contributed by atoms with Crippen LogP contribution in [0.3, 0.4) is 0 Å². The summed E-state index contributed by atoms with van der Waals surface area (Å²) in [7, 11) is 0. The van der Waals surface area contributed by atoms with Gasteiger partial charge in [-0.25, -0.2) is 0 Å². The van der Waals surface area contributed by atoms with Crippen LogP contribution in [0.2, 0.25) is 0 Å². The third-order valence-electron chi connectivity index (χ3n) is 3.66. The lowest BCUT2D eigenvalue weighted by Gasteiger charge is -2.11. The molecule has 1 amide bonds. The molecule has 1 aliphatic carbocycles. The maximum absolute atomic E-state index is 11.1. The third-order valence-corrected chi connectivity index (χ3v) is 3.66. The van der Waals surface area contributed by atoms with Crippen LogP contribution in [-0.4, -0.2) is 11.0 Å². The number of benzene rings is 1. The second kappa shape index (κ2) is 3.91. The molecule has 1 aliphatic heterocycles. The first-order chi connectivity index (χ1) is 8.22. The number of carbonyl (C=O) groups is 1. The van der Waals surface area contributed by atoms with E-state index in [-0.39, 0.29) is 5.91 Å². The van der Waals surface area contributed by atoms with Crippen molar-refractivity contribution in [3.63, 3.8) is 0 Å². The summed E-state index contributed by atoms with van der Waals surface area (Å²) in [5.41, 5.74) is 3.79. The van der Waals surface area contributed by atoms with E-state index >= 15 is 0 Å². The molecule has 3 nitrogen and oxygen atoms in total. The Balaban J connectivity index is 1.78. The minimum absolute atomic E-state index is 0.101. The maximum Gasteiger partial charge on any atom is 0.228 e. The van der Waals surface area contributed by atoms with Gasteiger partial charge >= 0.3 is 0 Å². The largest absolute Gasteiger partial charge is 0.508 e. The number of phenolic OH excluding ortho intramolecular Hbond substituents is 1. The number of rotatable bonds is 2. The molecule has 0 bridgehead atoms. The first kappa shape index (κ1) is 10.4. The number of phenols is 1. The van der Waals surface area contributed by atoms with E-state index in [1.165, 1.54) is 16.7 Å². The Morgan fingerprint density at radius 3 is 3.06 bits per heavy atom. The lowest BCUT2D eigenvalue weighted by Crippen LogP contribution is -2.08. The van der Waals surface area contributed by atoms with E-state index in [1.54, 1.807) is 6.07 Å². The van der Waals surface area contributed by atoms with Crippen LogP contribution in [0.1, 0.15) is 36.3 Å². The van der Waals surface area contributed by atoms with Crippen molar-refractivity contribution in [3.05, 3.63) is 41.1 Å². The van der Waals surface area contributed by atoms with E-state index in [1.807, 2.05) is 18.3 Å². The van der Waals surface area contributed by atoms with Crippen molar-refractivity contribution in [2.45, 2.75) is 31.6 Å². The molecule has 1 aromatic rings. The van der Waals surface area contributed by atoms with Gasteiger partial charge in [0.25, 0.3) is 0 Å². The number of amides is 1. The summed E-state index contributed by atoms with van der Waals surface area (Å²) in [5.74, 6) is 0.954. The maximum atomic E-state index is 11.1. The molecular weight excluding hydrogens is 214 g/mol. The Labute approximate surface area is 100 Å². The summed E-state index contributed by atoms with van der Waals surface area (Å²) < 4.78 is 0. The second-order valence-corrected chi connectivity index (χ2v) is 4.87. The van der Waals surface area contributed by atoms with Crippen molar-refractivity contribution in [2.75, 3.05) is 0 Å². The average Bonchev–Trinajstić information content (AvgIpc) is 2.86. The van der Waals surface area contributed by atoms with Crippen molar-refractivity contribution in [3.8, 4) is 5.75 Å². The van der Waals surface area contributed by atoms with Gasteiger partial charge in [0, 0.05) is 12.6 Å². The zero-order valence-electron chi connectivity index (χ0n) is 9.57.